The minimum Gasteiger partial charge on any atom is -0.439 e. The molecule has 128 valence electrons. The van der Waals surface area contributed by atoms with E-state index in [-0.39, 0.29) is 11.4 Å². The molecule has 25 heavy (non-hydrogen) atoms. The van der Waals surface area contributed by atoms with Crippen molar-refractivity contribution in [2.75, 3.05) is 5.73 Å². The van der Waals surface area contributed by atoms with Crippen LogP contribution in [0, 0.1) is 20.8 Å². The Hall–Kier alpha value is -3.42. The van der Waals surface area contributed by atoms with Gasteiger partial charge in [0.1, 0.15) is 23.0 Å². The molecule has 0 aliphatic heterocycles. The Morgan fingerprint density at radius 1 is 1.16 bits per heavy atom. The Bertz CT molecular complexity index is 964. The van der Waals surface area contributed by atoms with Crippen LogP contribution in [0.25, 0.3) is 5.82 Å². The first-order valence-electron chi connectivity index (χ1n) is 7.60. The molecule has 8 nitrogen and oxygen atoms in total. The Balaban J connectivity index is 2.03. The average molecular weight is 338 g/mol. The SMILES string of the molecule is Cc1cccc(Oc2cc(-n3nc(C)c(C(N)=O)c3N)nc(C)n2)c1. The van der Waals surface area contributed by atoms with Crippen LogP contribution < -0.4 is 16.2 Å². The van der Waals surface area contributed by atoms with Gasteiger partial charge in [-0.3, -0.25) is 4.79 Å². The molecule has 0 radical (unpaired) electrons. The van der Waals surface area contributed by atoms with Gasteiger partial charge < -0.3 is 16.2 Å². The van der Waals surface area contributed by atoms with Gasteiger partial charge in [0.25, 0.3) is 5.91 Å². The number of aromatic nitrogens is 4. The molecule has 2 aromatic heterocycles. The van der Waals surface area contributed by atoms with Crippen molar-refractivity contribution in [2.24, 2.45) is 5.73 Å². The summed E-state index contributed by atoms with van der Waals surface area (Å²) in [5.74, 6) is 1.37. The molecule has 0 saturated carbocycles. The highest BCUT2D eigenvalue weighted by molar-refractivity contribution is 5.98. The summed E-state index contributed by atoms with van der Waals surface area (Å²) in [6.45, 7) is 5.36. The van der Waals surface area contributed by atoms with E-state index in [1.54, 1.807) is 19.9 Å². The fourth-order valence-corrected chi connectivity index (χ4v) is 2.51. The molecule has 3 rings (SSSR count). The van der Waals surface area contributed by atoms with Crippen molar-refractivity contribution in [3.05, 3.63) is 53.0 Å². The second-order valence-electron chi connectivity index (χ2n) is 5.65. The fourth-order valence-electron chi connectivity index (χ4n) is 2.51. The van der Waals surface area contributed by atoms with E-state index < -0.39 is 5.91 Å². The van der Waals surface area contributed by atoms with Gasteiger partial charge in [-0.2, -0.15) is 14.8 Å². The smallest absolute Gasteiger partial charge is 0.254 e. The number of anilines is 1. The molecular formula is C17H18N6O2. The number of aryl methyl sites for hydroxylation is 3. The van der Waals surface area contributed by atoms with E-state index in [9.17, 15) is 4.79 Å². The fraction of sp³-hybridized carbons (Fsp3) is 0.176. The van der Waals surface area contributed by atoms with Gasteiger partial charge in [0, 0.05) is 6.07 Å². The molecule has 0 fully saturated rings. The highest BCUT2D eigenvalue weighted by Gasteiger charge is 2.19. The van der Waals surface area contributed by atoms with Crippen molar-refractivity contribution in [2.45, 2.75) is 20.8 Å². The number of rotatable bonds is 4. The number of ether oxygens (including phenoxy) is 1. The van der Waals surface area contributed by atoms with Gasteiger partial charge in [-0.15, -0.1) is 0 Å². The van der Waals surface area contributed by atoms with Crippen molar-refractivity contribution in [3.8, 4) is 17.4 Å². The van der Waals surface area contributed by atoms with Crippen molar-refractivity contribution in [3.63, 3.8) is 0 Å². The summed E-state index contributed by atoms with van der Waals surface area (Å²) in [7, 11) is 0. The molecule has 2 heterocycles. The highest BCUT2D eigenvalue weighted by atomic mass is 16.5. The van der Waals surface area contributed by atoms with E-state index in [1.807, 2.05) is 31.2 Å². The maximum atomic E-state index is 11.5. The van der Waals surface area contributed by atoms with Crippen molar-refractivity contribution < 1.29 is 9.53 Å². The van der Waals surface area contributed by atoms with Crippen LogP contribution in [0.2, 0.25) is 0 Å². The molecule has 0 bridgehead atoms. The Kier molecular flexibility index (Phi) is 4.10. The molecule has 1 amide bonds. The quantitative estimate of drug-likeness (QED) is 0.751. The summed E-state index contributed by atoms with van der Waals surface area (Å²) in [4.78, 5) is 20.1. The second kappa shape index (κ2) is 6.23. The van der Waals surface area contributed by atoms with E-state index in [0.29, 0.717) is 29.0 Å². The lowest BCUT2D eigenvalue weighted by atomic mass is 10.2. The molecule has 0 unspecified atom stereocenters. The van der Waals surface area contributed by atoms with Crippen LogP contribution in [0.5, 0.6) is 11.6 Å². The zero-order valence-electron chi connectivity index (χ0n) is 14.1. The van der Waals surface area contributed by atoms with Crippen LogP contribution >= 0.6 is 0 Å². The summed E-state index contributed by atoms with van der Waals surface area (Å²) in [5, 5.41) is 4.25. The zero-order valence-corrected chi connectivity index (χ0v) is 14.1. The van der Waals surface area contributed by atoms with Crippen LogP contribution in [0.1, 0.15) is 27.4 Å². The standard InChI is InChI=1S/C17H18N6O2/c1-9-5-4-6-12(7-9)25-14-8-13(20-11(3)21-14)23-16(18)15(17(19)24)10(2)22-23/h4-8H,18H2,1-3H3,(H2,19,24). The molecule has 0 saturated heterocycles. The van der Waals surface area contributed by atoms with Crippen molar-refractivity contribution >= 4 is 11.7 Å². The van der Waals surface area contributed by atoms with E-state index in [1.165, 1.54) is 4.68 Å². The van der Waals surface area contributed by atoms with Crippen molar-refractivity contribution in [1.29, 1.82) is 0 Å². The summed E-state index contributed by atoms with van der Waals surface area (Å²) >= 11 is 0. The normalized spacial score (nSPS) is 10.7. The Morgan fingerprint density at radius 2 is 1.92 bits per heavy atom. The van der Waals surface area contributed by atoms with Gasteiger partial charge in [0.15, 0.2) is 5.82 Å². The lowest BCUT2D eigenvalue weighted by molar-refractivity contribution is 0.100. The van der Waals surface area contributed by atoms with Gasteiger partial charge in [0.05, 0.1) is 5.69 Å². The monoisotopic (exact) mass is 338 g/mol. The summed E-state index contributed by atoms with van der Waals surface area (Å²) in [5.41, 5.74) is 13.0. The summed E-state index contributed by atoms with van der Waals surface area (Å²) in [6, 6.07) is 9.20. The van der Waals surface area contributed by atoms with Gasteiger partial charge >= 0.3 is 0 Å². The second-order valence-corrected chi connectivity index (χ2v) is 5.65. The number of hydrogen-bond donors (Lipinski definition) is 2. The summed E-state index contributed by atoms with van der Waals surface area (Å²) < 4.78 is 7.16. The van der Waals surface area contributed by atoms with Crippen LogP contribution in [0.15, 0.2) is 30.3 Å². The molecule has 4 N–H and O–H groups in total. The van der Waals surface area contributed by atoms with Crippen LogP contribution in [-0.2, 0) is 0 Å². The molecule has 0 atom stereocenters. The van der Waals surface area contributed by atoms with Gasteiger partial charge in [-0.1, -0.05) is 12.1 Å². The predicted octanol–water partition coefficient (Wildman–Crippen LogP) is 2.06. The van der Waals surface area contributed by atoms with Crippen molar-refractivity contribution in [1.82, 2.24) is 19.7 Å². The lowest BCUT2D eigenvalue weighted by Crippen LogP contribution is -2.14. The minimum absolute atomic E-state index is 0.129. The molecule has 0 aliphatic rings. The first-order chi connectivity index (χ1) is 11.8. The Morgan fingerprint density at radius 3 is 2.56 bits per heavy atom. The lowest BCUT2D eigenvalue weighted by Gasteiger charge is -2.09. The predicted molar refractivity (Wildman–Crippen MR) is 92.8 cm³/mol. The molecule has 0 spiro atoms. The number of nitrogen functional groups attached to an aromatic ring is 1. The maximum absolute atomic E-state index is 11.5. The molecule has 0 aliphatic carbocycles. The van der Waals surface area contributed by atoms with Crippen LogP contribution in [0.3, 0.4) is 0 Å². The number of nitrogens with zero attached hydrogens (tertiary/aromatic N) is 4. The number of carbonyl (C=O) groups excluding carboxylic acids is 1. The van der Waals surface area contributed by atoms with Crippen LogP contribution in [-0.4, -0.2) is 25.7 Å². The number of benzene rings is 1. The first-order valence-corrected chi connectivity index (χ1v) is 7.60. The van der Waals surface area contributed by atoms with E-state index in [4.69, 9.17) is 16.2 Å². The summed E-state index contributed by atoms with van der Waals surface area (Å²) in [6.07, 6.45) is 0. The maximum Gasteiger partial charge on any atom is 0.254 e. The van der Waals surface area contributed by atoms with E-state index >= 15 is 0 Å². The van der Waals surface area contributed by atoms with Gasteiger partial charge in [-0.05, 0) is 38.5 Å². The third-order valence-corrected chi connectivity index (χ3v) is 3.57. The van der Waals surface area contributed by atoms with Gasteiger partial charge in [0.2, 0.25) is 5.88 Å². The average Bonchev–Trinajstić information content (AvgIpc) is 2.81. The van der Waals surface area contributed by atoms with E-state index in [2.05, 4.69) is 15.1 Å². The van der Waals surface area contributed by atoms with Gasteiger partial charge in [-0.25, -0.2) is 4.98 Å². The number of carbonyl (C=O) groups is 1. The van der Waals surface area contributed by atoms with Crippen LogP contribution in [0.4, 0.5) is 5.82 Å². The molecule has 8 heteroatoms. The third-order valence-electron chi connectivity index (χ3n) is 3.57. The number of amides is 1. The topological polar surface area (TPSA) is 122 Å². The molecule has 3 aromatic rings. The number of hydrogen-bond acceptors (Lipinski definition) is 6. The number of nitrogens with two attached hydrogens (primary N) is 2. The molecular weight excluding hydrogens is 320 g/mol. The first kappa shape index (κ1) is 16.4. The Labute approximate surface area is 144 Å². The molecule has 1 aromatic carbocycles. The largest absolute Gasteiger partial charge is 0.439 e. The minimum atomic E-state index is -0.636. The highest BCUT2D eigenvalue weighted by Crippen LogP contribution is 2.24. The third kappa shape index (κ3) is 3.27. The van der Waals surface area contributed by atoms with E-state index in [0.717, 1.165) is 5.56 Å². The number of primary amides is 1. The zero-order chi connectivity index (χ0) is 18.1.